The van der Waals surface area contributed by atoms with Gasteiger partial charge in [0.15, 0.2) is 0 Å². The summed E-state index contributed by atoms with van der Waals surface area (Å²) < 4.78 is 123. The summed E-state index contributed by atoms with van der Waals surface area (Å²) in [6.07, 6.45) is -11.9. The number of nitrogens with one attached hydrogen (secondary N) is 1. The van der Waals surface area contributed by atoms with Crippen molar-refractivity contribution in [3.8, 4) is 0 Å². The molecule has 0 amide bonds. The second kappa shape index (κ2) is 9.86. The standard InChI is InChI=1S/C23H18F9N3S2/c1-4-12-8-14(20(24,22(27,28)29)21(25,26)23(30,31)32)7-11(2)18(12)35-19(36)13-5-6-15-16(9-13)37-17(34-15)10-33-3/h5-10H,4H2,1-3H3,(H,35,36). The van der Waals surface area contributed by atoms with Crippen LogP contribution in [0.3, 0.4) is 0 Å². The van der Waals surface area contributed by atoms with Crippen LogP contribution in [0.25, 0.3) is 10.2 Å². The SMILES string of the molecule is CCc1cc(C(F)(C(F)(F)F)C(F)(F)C(F)(F)F)cc(C)c1NC(=S)c1ccc2nc(C=NC)sc2c1. The summed E-state index contributed by atoms with van der Waals surface area (Å²) in [5.74, 6) is -6.74. The van der Waals surface area contributed by atoms with Gasteiger partial charge in [-0.25, -0.2) is 9.37 Å². The van der Waals surface area contributed by atoms with Crippen molar-refractivity contribution in [1.29, 1.82) is 0 Å². The topological polar surface area (TPSA) is 37.3 Å². The van der Waals surface area contributed by atoms with E-state index in [4.69, 9.17) is 12.2 Å². The van der Waals surface area contributed by atoms with Gasteiger partial charge in [-0.05, 0) is 48.7 Å². The van der Waals surface area contributed by atoms with E-state index in [1.54, 1.807) is 31.5 Å². The Balaban J connectivity index is 2.06. The van der Waals surface area contributed by atoms with Gasteiger partial charge in [0.2, 0.25) is 0 Å². The van der Waals surface area contributed by atoms with Crippen LogP contribution in [0.1, 0.15) is 34.2 Å². The predicted molar refractivity (Wildman–Crippen MR) is 129 cm³/mol. The van der Waals surface area contributed by atoms with E-state index in [1.165, 1.54) is 18.3 Å². The largest absolute Gasteiger partial charge is 0.457 e. The molecule has 3 nitrogen and oxygen atoms in total. The minimum atomic E-state index is -6.80. The van der Waals surface area contributed by atoms with Crippen molar-refractivity contribution in [2.45, 2.75) is 44.2 Å². The maximum absolute atomic E-state index is 15.0. The zero-order valence-corrected chi connectivity index (χ0v) is 20.9. The molecule has 3 rings (SSSR count). The zero-order valence-electron chi connectivity index (χ0n) is 19.3. The summed E-state index contributed by atoms with van der Waals surface area (Å²) in [7, 11) is 1.58. The van der Waals surface area contributed by atoms with E-state index in [-0.39, 0.29) is 28.2 Å². The highest BCUT2D eigenvalue weighted by Gasteiger charge is 2.81. The number of anilines is 1. The lowest BCUT2D eigenvalue weighted by Gasteiger charge is -2.36. The molecule has 1 unspecified atom stereocenters. The molecule has 14 heteroatoms. The molecule has 0 saturated carbocycles. The fourth-order valence-corrected chi connectivity index (χ4v) is 4.83. The highest BCUT2D eigenvalue weighted by molar-refractivity contribution is 7.81. The van der Waals surface area contributed by atoms with Crippen molar-refractivity contribution in [2.24, 2.45) is 4.99 Å². The summed E-state index contributed by atoms with van der Waals surface area (Å²) >= 11 is 6.71. The maximum atomic E-state index is 15.0. The van der Waals surface area contributed by atoms with Gasteiger partial charge in [0.1, 0.15) is 10.00 Å². The molecule has 0 spiro atoms. The van der Waals surface area contributed by atoms with E-state index in [2.05, 4.69) is 15.3 Å². The van der Waals surface area contributed by atoms with Gasteiger partial charge in [0.05, 0.1) is 16.4 Å². The Labute approximate surface area is 214 Å². The molecular formula is C23H18F9N3S2. The summed E-state index contributed by atoms with van der Waals surface area (Å²) in [4.78, 5) is 8.34. The first-order valence-corrected chi connectivity index (χ1v) is 11.7. The zero-order chi connectivity index (χ0) is 28.0. The van der Waals surface area contributed by atoms with Crippen LogP contribution >= 0.6 is 23.6 Å². The van der Waals surface area contributed by atoms with Gasteiger partial charge in [-0.2, -0.15) is 35.1 Å². The van der Waals surface area contributed by atoms with Gasteiger partial charge < -0.3 is 5.32 Å². The smallest absolute Gasteiger partial charge is 0.346 e. The molecule has 0 aliphatic heterocycles. The van der Waals surface area contributed by atoms with Crippen LogP contribution in [0, 0.1) is 6.92 Å². The molecule has 0 radical (unpaired) electrons. The number of alkyl halides is 9. The van der Waals surface area contributed by atoms with Crippen LogP contribution in [0.2, 0.25) is 0 Å². The first-order valence-electron chi connectivity index (χ1n) is 10.5. The number of hydrogen-bond donors (Lipinski definition) is 1. The first kappa shape index (κ1) is 28.8. The molecule has 1 N–H and O–H groups in total. The minimum Gasteiger partial charge on any atom is -0.346 e. The average Bonchev–Trinajstić information content (AvgIpc) is 3.19. The molecule has 0 aliphatic rings. The molecule has 0 bridgehead atoms. The van der Waals surface area contributed by atoms with Gasteiger partial charge in [-0.3, -0.25) is 4.99 Å². The molecule has 1 atom stereocenters. The number of thiocarbonyl (C=S) groups is 1. The quantitative estimate of drug-likeness (QED) is 0.186. The number of nitrogens with zero attached hydrogens (tertiary/aromatic N) is 2. The molecule has 37 heavy (non-hydrogen) atoms. The van der Waals surface area contributed by atoms with Crippen molar-refractivity contribution in [3.63, 3.8) is 0 Å². The van der Waals surface area contributed by atoms with Crippen LogP contribution in [0.5, 0.6) is 0 Å². The Morgan fingerprint density at radius 3 is 2.22 bits per heavy atom. The number of aromatic nitrogens is 1. The van der Waals surface area contributed by atoms with Crippen molar-refractivity contribution >= 4 is 50.7 Å². The predicted octanol–water partition coefficient (Wildman–Crippen LogP) is 7.93. The second-order valence-corrected chi connectivity index (χ2v) is 9.46. The molecule has 2 aromatic carbocycles. The number of aryl methyl sites for hydroxylation is 2. The number of hydrogen-bond acceptors (Lipinski definition) is 4. The Bertz CT molecular complexity index is 1360. The van der Waals surface area contributed by atoms with Crippen LogP contribution in [-0.2, 0) is 12.1 Å². The number of fused-ring (bicyclic) bond motifs is 1. The Hall–Kier alpha value is -2.74. The monoisotopic (exact) mass is 571 g/mol. The fourth-order valence-electron chi connectivity index (χ4n) is 3.67. The summed E-state index contributed by atoms with van der Waals surface area (Å²) in [6, 6.07) is 5.68. The first-order chi connectivity index (χ1) is 17.0. The Morgan fingerprint density at radius 2 is 1.68 bits per heavy atom. The third-order valence-electron chi connectivity index (χ3n) is 5.52. The Morgan fingerprint density at radius 1 is 1.03 bits per heavy atom. The van der Waals surface area contributed by atoms with Crippen molar-refractivity contribution in [3.05, 3.63) is 57.6 Å². The Kier molecular flexibility index (Phi) is 7.68. The lowest BCUT2D eigenvalue weighted by molar-refractivity contribution is -0.389. The van der Waals surface area contributed by atoms with E-state index in [1.807, 2.05) is 0 Å². The summed E-state index contributed by atoms with van der Waals surface area (Å²) in [6.45, 7) is 2.57. The molecule has 0 saturated heterocycles. The van der Waals surface area contributed by atoms with E-state index in [0.29, 0.717) is 28.2 Å². The van der Waals surface area contributed by atoms with Crippen LogP contribution in [-0.4, -0.2) is 41.5 Å². The molecule has 1 heterocycles. The molecule has 200 valence electrons. The molecule has 3 aromatic rings. The van der Waals surface area contributed by atoms with Crippen LogP contribution < -0.4 is 5.32 Å². The highest BCUT2D eigenvalue weighted by atomic mass is 32.1. The van der Waals surface area contributed by atoms with Crippen LogP contribution in [0.15, 0.2) is 35.3 Å². The van der Waals surface area contributed by atoms with Gasteiger partial charge in [-0.15, -0.1) is 11.3 Å². The van der Waals surface area contributed by atoms with Gasteiger partial charge in [-0.1, -0.05) is 25.2 Å². The average molecular weight is 572 g/mol. The molecule has 1 aromatic heterocycles. The summed E-state index contributed by atoms with van der Waals surface area (Å²) in [5, 5.41) is 3.45. The minimum absolute atomic E-state index is 0.0688. The van der Waals surface area contributed by atoms with Gasteiger partial charge in [0, 0.05) is 23.9 Å². The van der Waals surface area contributed by atoms with Crippen molar-refractivity contribution in [1.82, 2.24) is 4.98 Å². The van der Waals surface area contributed by atoms with Crippen molar-refractivity contribution < 1.29 is 39.5 Å². The normalized spacial score (nSPS) is 14.8. The van der Waals surface area contributed by atoms with E-state index in [9.17, 15) is 35.1 Å². The van der Waals surface area contributed by atoms with E-state index in [0.717, 1.165) is 11.6 Å². The molecular weight excluding hydrogens is 553 g/mol. The third kappa shape index (κ3) is 5.05. The second-order valence-electron chi connectivity index (χ2n) is 7.99. The summed E-state index contributed by atoms with van der Waals surface area (Å²) in [5.41, 5.74) is -7.00. The maximum Gasteiger partial charge on any atom is 0.457 e. The van der Waals surface area contributed by atoms with Crippen molar-refractivity contribution in [2.75, 3.05) is 12.4 Å². The lowest BCUT2D eigenvalue weighted by Crippen LogP contribution is -2.59. The fraction of sp³-hybridized carbons (Fsp3) is 0.348. The van der Waals surface area contributed by atoms with Gasteiger partial charge in [0.25, 0.3) is 0 Å². The number of benzene rings is 2. The number of rotatable bonds is 6. The van der Waals surface area contributed by atoms with E-state index < -0.39 is 29.5 Å². The van der Waals surface area contributed by atoms with Crippen LogP contribution in [0.4, 0.5) is 45.2 Å². The number of halogens is 9. The van der Waals surface area contributed by atoms with Gasteiger partial charge >= 0.3 is 23.9 Å². The lowest BCUT2D eigenvalue weighted by atomic mass is 9.85. The number of aliphatic imine (C=N–C) groups is 1. The number of thiazole rings is 1. The highest BCUT2D eigenvalue weighted by Crippen LogP contribution is 2.58. The molecule has 0 aliphatic carbocycles. The third-order valence-corrected chi connectivity index (χ3v) is 6.81. The van der Waals surface area contributed by atoms with E-state index >= 15 is 4.39 Å². The molecule has 0 fully saturated rings.